The lowest BCUT2D eigenvalue weighted by atomic mass is 10.2. The molecule has 3 aromatic rings. The largest absolute Gasteiger partial charge is 0.467 e. The first-order valence-electron chi connectivity index (χ1n) is 7.26. The smallest absolute Gasteiger partial charge is 0.269 e. The monoisotopic (exact) mass is 380 g/mol. The number of furan rings is 1. The van der Waals surface area contributed by atoms with E-state index in [0.717, 1.165) is 0 Å². The molecule has 2 heterocycles. The molecule has 26 heavy (non-hydrogen) atoms. The third-order valence-corrected chi connectivity index (χ3v) is 3.63. The van der Waals surface area contributed by atoms with Gasteiger partial charge in [0.25, 0.3) is 11.8 Å². The molecule has 2 amide bonds. The molecule has 0 saturated carbocycles. The minimum absolute atomic E-state index is 0.0129. The van der Waals surface area contributed by atoms with E-state index >= 15 is 0 Å². The summed E-state index contributed by atoms with van der Waals surface area (Å²) in [5, 5.41) is 10.9. The average molecular weight is 381 g/mol. The Hall–Kier alpha value is -3.20. The zero-order valence-corrected chi connectivity index (χ0v) is 13.7. The number of halogens is 3. The van der Waals surface area contributed by atoms with Crippen LogP contribution in [0.15, 0.2) is 41.0 Å². The number of carbonyl (C=O) groups is 2. The van der Waals surface area contributed by atoms with Crippen LogP contribution in [0.2, 0.25) is 5.02 Å². The molecular formula is C16H11ClF2N4O3. The summed E-state index contributed by atoms with van der Waals surface area (Å²) in [4.78, 5) is 24.1. The van der Waals surface area contributed by atoms with Gasteiger partial charge in [-0.15, -0.1) is 0 Å². The highest BCUT2D eigenvalue weighted by Gasteiger charge is 2.17. The second-order valence-corrected chi connectivity index (χ2v) is 5.54. The SMILES string of the molecule is O=C(NCc1ccco1)c1cc(NC(=O)c2cc(F)c(F)cc2Cl)n[nH]1. The van der Waals surface area contributed by atoms with Gasteiger partial charge in [-0.1, -0.05) is 11.6 Å². The molecule has 0 radical (unpaired) electrons. The number of aromatic nitrogens is 2. The molecule has 134 valence electrons. The van der Waals surface area contributed by atoms with Gasteiger partial charge in [-0.25, -0.2) is 8.78 Å². The molecule has 0 aliphatic heterocycles. The Morgan fingerprint density at radius 3 is 2.69 bits per heavy atom. The summed E-state index contributed by atoms with van der Waals surface area (Å²) in [6.45, 7) is 0.178. The van der Waals surface area contributed by atoms with Crippen LogP contribution in [0.4, 0.5) is 14.6 Å². The van der Waals surface area contributed by atoms with Gasteiger partial charge in [-0.05, 0) is 24.3 Å². The highest BCUT2D eigenvalue weighted by molar-refractivity contribution is 6.34. The number of H-pyrrole nitrogens is 1. The van der Waals surface area contributed by atoms with Crippen molar-refractivity contribution < 1.29 is 22.8 Å². The second kappa shape index (κ2) is 7.36. The normalized spacial score (nSPS) is 10.6. The Bertz CT molecular complexity index is 957. The number of hydrogen-bond donors (Lipinski definition) is 3. The molecule has 7 nitrogen and oxygen atoms in total. The minimum atomic E-state index is -1.21. The fraction of sp³-hybridized carbons (Fsp3) is 0.0625. The van der Waals surface area contributed by atoms with Crippen molar-refractivity contribution in [3.05, 3.63) is 70.3 Å². The number of rotatable bonds is 5. The highest BCUT2D eigenvalue weighted by Crippen LogP contribution is 2.21. The van der Waals surface area contributed by atoms with Gasteiger partial charge < -0.3 is 15.1 Å². The van der Waals surface area contributed by atoms with E-state index in [2.05, 4.69) is 20.8 Å². The number of carbonyl (C=O) groups excluding carboxylic acids is 2. The maximum atomic E-state index is 13.3. The lowest BCUT2D eigenvalue weighted by Crippen LogP contribution is -2.22. The molecule has 0 spiro atoms. The Balaban J connectivity index is 1.65. The van der Waals surface area contributed by atoms with Crippen molar-refractivity contribution >= 4 is 29.2 Å². The van der Waals surface area contributed by atoms with Gasteiger partial charge in [0.2, 0.25) is 0 Å². The van der Waals surface area contributed by atoms with Crippen LogP contribution in [0.5, 0.6) is 0 Å². The molecule has 0 fully saturated rings. The van der Waals surface area contributed by atoms with Crippen LogP contribution in [0.25, 0.3) is 0 Å². The van der Waals surface area contributed by atoms with Crippen LogP contribution in [-0.2, 0) is 6.54 Å². The van der Waals surface area contributed by atoms with E-state index in [9.17, 15) is 18.4 Å². The fourth-order valence-corrected chi connectivity index (χ4v) is 2.29. The average Bonchev–Trinajstić information content (AvgIpc) is 3.27. The van der Waals surface area contributed by atoms with Crippen LogP contribution in [0.1, 0.15) is 26.6 Å². The predicted octanol–water partition coefficient (Wildman–Crippen LogP) is 3.12. The van der Waals surface area contributed by atoms with Crippen LogP contribution in [0.3, 0.4) is 0 Å². The van der Waals surface area contributed by atoms with E-state index in [-0.39, 0.29) is 28.6 Å². The van der Waals surface area contributed by atoms with Crippen molar-refractivity contribution in [2.24, 2.45) is 0 Å². The summed E-state index contributed by atoms with van der Waals surface area (Å²) in [6.07, 6.45) is 1.48. The molecular weight excluding hydrogens is 370 g/mol. The van der Waals surface area contributed by atoms with Crippen LogP contribution in [-0.4, -0.2) is 22.0 Å². The Morgan fingerprint density at radius 1 is 1.19 bits per heavy atom. The van der Waals surface area contributed by atoms with Gasteiger partial charge in [0.05, 0.1) is 23.4 Å². The number of benzene rings is 1. The van der Waals surface area contributed by atoms with Gasteiger partial charge in [0.1, 0.15) is 11.5 Å². The maximum Gasteiger partial charge on any atom is 0.269 e. The molecule has 3 N–H and O–H groups in total. The van der Waals surface area contributed by atoms with Crippen molar-refractivity contribution in [1.82, 2.24) is 15.5 Å². The first-order valence-corrected chi connectivity index (χ1v) is 7.63. The van der Waals surface area contributed by atoms with Gasteiger partial charge >= 0.3 is 0 Å². The molecule has 3 rings (SSSR count). The van der Waals surface area contributed by atoms with E-state index in [1.165, 1.54) is 12.3 Å². The predicted molar refractivity (Wildman–Crippen MR) is 87.8 cm³/mol. The molecule has 0 unspecified atom stereocenters. The van der Waals surface area contributed by atoms with E-state index in [1.807, 2.05) is 0 Å². The second-order valence-electron chi connectivity index (χ2n) is 5.13. The van der Waals surface area contributed by atoms with Crippen molar-refractivity contribution in [2.45, 2.75) is 6.54 Å². The van der Waals surface area contributed by atoms with E-state index in [4.69, 9.17) is 16.0 Å². The molecule has 0 saturated heterocycles. The van der Waals surface area contributed by atoms with Crippen LogP contribution >= 0.6 is 11.6 Å². The van der Waals surface area contributed by atoms with Crippen molar-refractivity contribution in [3.63, 3.8) is 0 Å². The topological polar surface area (TPSA) is 100 Å². The number of aromatic amines is 1. The van der Waals surface area contributed by atoms with Gasteiger partial charge in [0, 0.05) is 6.07 Å². The molecule has 0 atom stereocenters. The summed E-state index contributed by atoms with van der Waals surface area (Å²) in [7, 11) is 0. The maximum absolute atomic E-state index is 13.3. The first kappa shape index (κ1) is 17.6. The van der Waals surface area contributed by atoms with E-state index < -0.39 is 23.4 Å². The molecule has 10 heteroatoms. The quantitative estimate of drug-likeness (QED) is 0.592. The van der Waals surface area contributed by atoms with Crippen LogP contribution in [0, 0.1) is 11.6 Å². The van der Waals surface area contributed by atoms with E-state index in [1.54, 1.807) is 12.1 Å². The summed E-state index contributed by atoms with van der Waals surface area (Å²) < 4.78 is 31.4. The summed E-state index contributed by atoms with van der Waals surface area (Å²) >= 11 is 5.74. The van der Waals surface area contributed by atoms with Gasteiger partial charge in [-0.3, -0.25) is 14.7 Å². The van der Waals surface area contributed by atoms with Gasteiger partial charge in [0.15, 0.2) is 17.5 Å². The standard InChI is InChI=1S/C16H11ClF2N4O3/c17-10-5-12(19)11(18)4-9(10)15(24)21-14-6-13(22-23-14)16(25)20-7-8-2-1-3-26-8/h1-6H,7H2,(H,20,25)(H2,21,22,23,24). The molecule has 0 aliphatic rings. The number of anilines is 1. The molecule has 2 aromatic heterocycles. The van der Waals surface area contributed by atoms with Crippen molar-refractivity contribution in [3.8, 4) is 0 Å². The number of amides is 2. The number of nitrogens with one attached hydrogen (secondary N) is 3. The minimum Gasteiger partial charge on any atom is -0.467 e. The zero-order chi connectivity index (χ0) is 18.7. The van der Waals surface area contributed by atoms with Crippen molar-refractivity contribution in [1.29, 1.82) is 0 Å². The number of hydrogen-bond acceptors (Lipinski definition) is 4. The Morgan fingerprint density at radius 2 is 1.96 bits per heavy atom. The summed E-state index contributed by atoms with van der Waals surface area (Å²) in [6, 6.07) is 6.04. The highest BCUT2D eigenvalue weighted by atomic mass is 35.5. The lowest BCUT2D eigenvalue weighted by molar-refractivity contribution is 0.0942. The molecule has 0 aliphatic carbocycles. The molecule has 1 aromatic carbocycles. The summed E-state index contributed by atoms with van der Waals surface area (Å²) in [5.74, 6) is -3.07. The third kappa shape index (κ3) is 3.89. The molecule has 0 bridgehead atoms. The van der Waals surface area contributed by atoms with Crippen LogP contribution < -0.4 is 10.6 Å². The Kier molecular flexibility index (Phi) is 4.99. The lowest BCUT2D eigenvalue weighted by Gasteiger charge is -2.05. The zero-order valence-electron chi connectivity index (χ0n) is 13.0. The number of nitrogens with zero attached hydrogens (tertiary/aromatic N) is 1. The summed E-state index contributed by atoms with van der Waals surface area (Å²) in [5.41, 5.74) is -0.180. The fourth-order valence-electron chi connectivity index (χ4n) is 2.06. The van der Waals surface area contributed by atoms with E-state index in [0.29, 0.717) is 17.9 Å². The van der Waals surface area contributed by atoms with Crippen molar-refractivity contribution in [2.75, 3.05) is 5.32 Å². The first-order chi connectivity index (χ1) is 12.4. The Labute approximate surface area is 150 Å². The van der Waals surface area contributed by atoms with Gasteiger partial charge in [-0.2, -0.15) is 5.10 Å². The third-order valence-electron chi connectivity index (χ3n) is 3.32.